The smallest absolute Gasteiger partial charge is 0.0481 e. The van der Waals surface area contributed by atoms with Crippen LogP contribution >= 0.6 is 68.0 Å². The molecule has 6 aromatic heterocycles. The van der Waals surface area contributed by atoms with Crippen LogP contribution in [-0.4, -0.2) is 0 Å². The predicted molar refractivity (Wildman–Crippen MR) is 261 cm³/mol. The van der Waals surface area contributed by atoms with Gasteiger partial charge in [-0.05, 0) is 111 Å². The zero-order valence-electron chi connectivity index (χ0n) is 34.8. The van der Waals surface area contributed by atoms with Crippen LogP contribution in [0.2, 0.25) is 0 Å². The van der Waals surface area contributed by atoms with Crippen molar-refractivity contribution in [3.05, 3.63) is 81.5 Å². The second kappa shape index (κ2) is 23.7. The molecule has 0 bridgehead atoms. The standard InChI is InChI=1S/C50H66S6/c1-5-7-9-11-13-15-17-19-21-23-25-39-35-38(4)52-49(39)46-33-31-43(54-46)44-32-34-47(55-44)50-40(26-24-22-20-18-16-14-12-10-8-6-2)36-48(56-50)45-30-29-42(53-45)41-28-27-37(3)51-41/h27-36H,5-26H2,1-4H3. The molecule has 0 spiro atoms. The molecule has 6 aromatic rings. The van der Waals surface area contributed by atoms with Gasteiger partial charge in [0.1, 0.15) is 0 Å². The summed E-state index contributed by atoms with van der Waals surface area (Å²) < 4.78 is 0. The summed E-state index contributed by atoms with van der Waals surface area (Å²) in [5.74, 6) is 0. The number of thiophene rings is 6. The van der Waals surface area contributed by atoms with Crippen LogP contribution < -0.4 is 0 Å². The molecule has 56 heavy (non-hydrogen) atoms. The molecule has 0 saturated heterocycles. The Morgan fingerprint density at radius 1 is 0.304 bits per heavy atom. The van der Waals surface area contributed by atoms with Crippen LogP contribution in [0.5, 0.6) is 0 Å². The molecule has 0 N–H and O–H groups in total. The Hall–Kier alpha value is -1.80. The van der Waals surface area contributed by atoms with Crippen molar-refractivity contribution >= 4 is 68.0 Å². The van der Waals surface area contributed by atoms with E-state index >= 15 is 0 Å². The highest BCUT2D eigenvalue weighted by molar-refractivity contribution is 7.30. The van der Waals surface area contributed by atoms with E-state index in [4.69, 9.17) is 0 Å². The Kier molecular flexibility index (Phi) is 18.5. The lowest BCUT2D eigenvalue weighted by Gasteiger charge is -2.04. The van der Waals surface area contributed by atoms with Gasteiger partial charge in [-0.25, -0.2) is 0 Å². The lowest BCUT2D eigenvalue weighted by Crippen LogP contribution is -1.86. The van der Waals surface area contributed by atoms with Gasteiger partial charge in [-0.15, -0.1) is 68.0 Å². The predicted octanol–water partition coefficient (Wildman–Crippen LogP) is 19.9. The lowest BCUT2D eigenvalue weighted by molar-refractivity contribution is 0.556. The molecular formula is C50H66S6. The maximum absolute atomic E-state index is 2.54. The third-order valence-electron chi connectivity index (χ3n) is 11.1. The van der Waals surface area contributed by atoms with Gasteiger partial charge >= 0.3 is 0 Å². The van der Waals surface area contributed by atoms with E-state index in [9.17, 15) is 0 Å². The molecular weight excluding hydrogens is 793 g/mol. The minimum atomic E-state index is 1.18. The Labute approximate surface area is 364 Å². The normalized spacial score (nSPS) is 11.7. The first-order valence-corrected chi connectivity index (χ1v) is 27.0. The Balaban J connectivity index is 1.09. The van der Waals surface area contributed by atoms with E-state index in [1.807, 2.05) is 68.0 Å². The molecule has 0 amide bonds. The Bertz CT molecular complexity index is 1980. The third-order valence-corrected chi connectivity index (χ3v) is 18.5. The molecule has 0 aliphatic carbocycles. The van der Waals surface area contributed by atoms with E-state index < -0.39 is 0 Å². The van der Waals surface area contributed by atoms with Crippen molar-refractivity contribution < 1.29 is 0 Å². The molecule has 302 valence electrons. The van der Waals surface area contributed by atoms with E-state index in [1.54, 1.807) is 11.1 Å². The van der Waals surface area contributed by atoms with Crippen molar-refractivity contribution in [2.45, 2.75) is 169 Å². The van der Waals surface area contributed by atoms with E-state index in [2.05, 4.69) is 88.4 Å². The van der Waals surface area contributed by atoms with Crippen LogP contribution in [-0.2, 0) is 12.8 Å². The minimum absolute atomic E-state index is 1.18. The van der Waals surface area contributed by atoms with Gasteiger partial charge in [0.15, 0.2) is 0 Å². The molecule has 0 atom stereocenters. The molecule has 6 heteroatoms. The summed E-state index contributed by atoms with van der Waals surface area (Å²) >= 11 is 11.9. The fraction of sp³-hybridized carbons (Fsp3) is 0.520. The number of hydrogen-bond donors (Lipinski definition) is 0. The first-order valence-electron chi connectivity index (χ1n) is 22.1. The molecule has 0 fully saturated rings. The third kappa shape index (κ3) is 13.1. The molecule has 0 aliphatic heterocycles. The molecule has 6 heterocycles. The summed E-state index contributed by atoms with van der Waals surface area (Å²) in [6.45, 7) is 9.11. The second-order valence-corrected chi connectivity index (χ2v) is 22.8. The van der Waals surface area contributed by atoms with Crippen LogP contribution in [0.25, 0.3) is 48.8 Å². The van der Waals surface area contributed by atoms with Crippen LogP contribution in [0.3, 0.4) is 0 Å². The molecule has 0 aromatic carbocycles. The van der Waals surface area contributed by atoms with Crippen LogP contribution in [0, 0.1) is 13.8 Å². The van der Waals surface area contributed by atoms with Crippen LogP contribution in [0.1, 0.15) is 163 Å². The first-order chi connectivity index (χ1) is 27.5. The highest BCUT2D eigenvalue weighted by Gasteiger charge is 2.18. The SMILES string of the molecule is CCCCCCCCCCCCc1cc(C)sc1-c1ccc(-c2ccc(-c3sc(-c4ccc(-c5ccc(C)s5)s4)cc3CCCCCCCCCCCC)s2)s1. The lowest BCUT2D eigenvalue weighted by atomic mass is 10.0. The van der Waals surface area contributed by atoms with E-state index in [-0.39, 0.29) is 0 Å². The minimum Gasteiger partial charge on any atom is -0.140 e. The number of aryl methyl sites for hydroxylation is 4. The van der Waals surface area contributed by atoms with E-state index in [0.29, 0.717) is 0 Å². The van der Waals surface area contributed by atoms with Gasteiger partial charge in [0.05, 0.1) is 0 Å². The fourth-order valence-corrected chi connectivity index (χ4v) is 14.6. The highest BCUT2D eigenvalue weighted by Crippen LogP contribution is 2.48. The van der Waals surface area contributed by atoms with Crippen molar-refractivity contribution in [2.24, 2.45) is 0 Å². The van der Waals surface area contributed by atoms with E-state index in [1.165, 1.54) is 200 Å². The van der Waals surface area contributed by atoms with Crippen molar-refractivity contribution in [1.82, 2.24) is 0 Å². The molecule has 0 unspecified atom stereocenters. The number of unbranched alkanes of at least 4 members (excludes halogenated alkanes) is 18. The maximum Gasteiger partial charge on any atom is 0.0481 e. The summed E-state index contributed by atoms with van der Waals surface area (Å²) in [6.07, 6.45) is 30.2. The van der Waals surface area contributed by atoms with Gasteiger partial charge in [0.25, 0.3) is 0 Å². The quantitative estimate of drug-likeness (QED) is 0.0453. The average Bonchev–Trinajstić information content (AvgIpc) is 4.05. The summed E-state index contributed by atoms with van der Waals surface area (Å²) in [6, 6.07) is 23.8. The second-order valence-electron chi connectivity index (χ2n) is 15.9. The first kappa shape index (κ1) is 43.8. The van der Waals surface area contributed by atoms with Gasteiger partial charge in [-0.3, -0.25) is 0 Å². The van der Waals surface area contributed by atoms with Crippen LogP contribution in [0.4, 0.5) is 0 Å². The van der Waals surface area contributed by atoms with Crippen molar-refractivity contribution in [3.8, 4) is 48.8 Å². The highest BCUT2D eigenvalue weighted by atomic mass is 32.1. The maximum atomic E-state index is 2.54. The summed E-state index contributed by atoms with van der Waals surface area (Å²) in [5, 5.41) is 0. The monoisotopic (exact) mass is 858 g/mol. The molecule has 0 saturated carbocycles. The summed E-state index contributed by atoms with van der Waals surface area (Å²) in [4.78, 5) is 17.2. The molecule has 0 radical (unpaired) electrons. The van der Waals surface area contributed by atoms with Crippen molar-refractivity contribution in [3.63, 3.8) is 0 Å². The zero-order chi connectivity index (χ0) is 39.0. The van der Waals surface area contributed by atoms with Crippen molar-refractivity contribution in [2.75, 3.05) is 0 Å². The largest absolute Gasteiger partial charge is 0.140 e. The Morgan fingerprint density at radius 3 is 1.12 bits per heavy atom. The van der Waals surface area contributed by atoms with Gasteiger partial charge in [-0.1, -0.05) is 129 Å². The average molecular weight is 859 g/mol. The molecule has 0 nitrogen and oxygen atoms in total. The van der Waals surface area contributed by atoms with Crippen LogP contribution in [0.15, 0.2) is 60.7 Å². The zero-order valence-corrected chi connectivity index (χ0v) is 39.7. The molecule has 0 aliphatic rings. The fourth-order valence-electron chi connectivity index (χ4n) is 7.87. The summed E-state index contributed by atoms with van der Waals surface area (Å²) in [7, 11) is 0. The number of hydrogen-bond acceptors (Lipinski definition) is 6. The van der Waals surface area contributed by atoms with Gasteiger partial charge in [0.2, 0.25) is 0 Å². The topological polar surface area (TPSA) is 0 Å². The molecule has 6 rings (SSSR count). The van der Waals surface area contributed by atoms with Gasteiger partial charge in [0, 0.05) is 58.5 Å². The Morgan fingerprint density at radius 2 is 0.661 bits per heavy atom. The number of rotatable bonds is 27. The summed E-state index contributed by atoms with van der Waals surface area (Å²) in [5.41, 5.74) is 3.12. The van der Waals surface area contributed by atoms with Gasteiger partial charge in [-0.2, -0.15) is 0 Å². The van der Waals surface area contributed by atoms with E-state index in [0.717, 1.165) is 0 Å². The van der Waals surface area contributed by atoms with Gasteiger partial charge < -0.3 is 0 Å². The van der Waals surface area contributed by atoms with Crippen molar-refractivity contribution in [1.29, 1.82) is 0 Å².